The van der Waals surface area contributed by atoms with Gasteiger partial charge >= 0.3 is 5.69 Å². The monoisotopic (exact) mass is 330 g/mol. The van der Waals surface area contributed by atoms with Gasteiger partial charge in [0.25, 0.3) is 5.91 Å². The van der Waals surface area contributed by atoms with Crippen molar-refractivity contribution in [1.29, 1.82) is 0 Å². The van der Waals surface area contributed by atoms with Crippen LogP contribution in [-0.4, -0.2) is 24.5 Å². The molecule has 0 bridgehead atoms. The molecule has 1 amide bonds. The summed E-state index contributed by atoms with van der Waals surface area (Å²) >= 11 is 0. The first-order chi connectivity index (χ1) is 11.5. The molecule has 2 rings (SSSR count). The topological polar surface area (TPSA) is 90.7 Å². The number of benzene rings is 2. The third kappa shape index (κ3) is 4.22. The van der Waals surface area contributed by atoms with Crippen molar-refractivity contribution in [3.63, 3.8) is 0 Å². The molecule has 0 heterocycles. The number of nitro benzene ring substituents is 1. The molecule has 0 atom stereocenters. The van der Waals surface area contributed by atoms with Gasteiger partial charge in [-0.25, -0.2) is 0 Å². The summed E-state index contributed by atoms with van der Waals surface area (Å²) in [6.45, 7) is 2.28. The van der Waals surface area contributed by atoms with Gasteiger partial charge in [0, 0.05) is 17.3 Å². The van der Waals surface area contributed by atoms with Crippen molar-refractivity contribution >= 4 is 17.3 Å². The summed E-state index contributed by atoms with van der Waals surface area (Å²) in [7, 11) is 1.55. The molecule has 0 unspecified atom stereocenters. The molecule has 0 aliphatic carbocycles. The number of anilines is 1. The van der Waals surface area contributed by atoms with Crippen LogP contribution in [0, 0.1) is 10.1 Å². The Balaban J connectivity index is 2.18. The maximum atomic E-state index is 12.3. The highest BCUT2D eigenvalue weighted by Gasteiger charge is 2.18. The van der Waals surface area contributed by atoms with Gasteiger partial charge in [-0.2, -0.15) is 0 Å². The number of ether oxygens (including phenoxy) is 2. The Hall–Kier alpha value is -3.09. The Labute approximate surface area is 139 Å². The summed E-state index contributed by atoms with van der Waals surface area (Å²) in [4.78, 5) is 22.9. The molecule has 1 N–H and O–H groups in total. The standard InChI is InChI=1S/C17H18N2O5/c1-3-10-24-16-9-4-12(11-15(16)19(21)22)17(20)18-13-5-7-14(23-2)8-6-13/h4-9,11H,3,10H2,1-2H3,(H,18,20). The molecule has 0 aliphatic rings. The number of nitro groups is 1. The lowest BCUT2D eigenvalue weighted by molar-refractivity contribution is -0.385. The lowest BCUT2D eigenvalue weighted by Gasteiger charge is -2.09. The number of rotatable bonds is 7. The predicted molar refractivity (Wildman–Crippen MR) is 89.8 cm³/mol. The van der Waals surface area contributed by atoms with Crippen LogP contribution in [0.4, 0.5) is 11.4 Å². The number of hydrogen-bond donors (Lipinski definition) is 1. The fourth-order valence-corrected chi connectivity index (χ4v) is 2.01. The third-order valence-electron chi connectivity index (χ3n) is 3.23. The van der Waals surface area contributed by atoms with Gasteiger partial charge in [0.2, 0.25) is 0 Å². The minimum Gasteiger partial charge on any atom is -0.497 e. The minimum atomic E-state index is -0.560. The number of amides is 1. The van der Waals surface area contributed by atoms with Crippen LogP contribution in [-0.2, 0) is 0 Å². The Morgan fingerprint density at radius 1 is 1.21 bits per heavy atom. The van der Waals surface area contributed by atoms with E-state index in [1.54, 1.807) is 31.4 Å². The third-order valence-corrected chi connectivity index (χ3v) is 3.23. The molecule has 126 valence electrons. The molecule has 2 aromatic carbocycles. The summed E-state index contributed by atoms with van der Waals surface area (Å²) in [5, 5.41) is 13.8. The molecule has 7 heteroatoms. The summed E-state index contributed by atoms with van der Waals surface area (Å²) in [5.74, 6) is 0.384. The predicted octanol–water partition coefficient (Wildman–Crippen LogP) is 3.64. The molecule has 0 aliphatic heterocycles. The summed E-state index contributed by atoms with van der Waals surface area (Å²) in [6.07, 6.45) is 0.733. The zero-order valence-corrected chi connectivity index (χ0v) is 13.4. The fraction of sp³-hybridized carbons (Fsp3) is 0.235. The van der Waals surface area contributed by atoms with Gasteiger partial charge < -0.3 is 14.8 Å². The van der Waals surface area contributed by atoms with E-state index in [0.717, 1.165) is 6.42 Å². The van der Waals surface area contributed by atoms with Crippen molar-refractivity contribution in [2.45, 2.75) is 13.3 Å². The van der Waals surface area contributed by atoms with Crippen LogP contribution in [0.1, 0.15) is 23.7 Å². The maximum absolute atomic E-state index is 12.3. The van der Waals surface area contributed by atoms with Crippen LogP contribution in [0.5, 0.6) is 11.5 Å². The van der Waals surface area contributed by atoms with Crippen molar-refractivity contribution < 1.29 is 19.2 Å². The molecule has 0 saturated carbocycles. The van der Waals surface area contributed by atoms with E-state index in [1.165, 1.54) is 18.2 Å². The molecule has 0 fully saturated rings. The molecular formula is C17H18N2O5. The van der Waals surface area contributed by atoms with Crippen molar-refractivity contribution in [2.75, 3.05) is 19.0 Å². The highest BCUT2D eigenvalue weighted by molar-refractivity contribution is 6.04. The smallest absolute Gasteiger partial charge is 0.311 e. The largest absolute Gasteiger partial charge is 0.497 e. The Morgan fingerprint density at radius 2 is 1.92 bits per heavy atom. The molecule has 0 saturated heterocycles. The number of carbonyl (C=O) groups excluding carboxylic acids is 1. The van der Waals surface area contributed by atoms with E-state index >= 15 is 0 Å². The van der Waals surface area contributed by atoms with Gasteiger partial charge in [-0.3, -0.25) is 14.9 Å². The van der Waals surface area contributed by atoms with Crippen molar-refractivity contribution in [3.8, 4) is 11.5 Å². The van der Waals surface area contributed by atoms with Crippen LogP contribution < -0.4 is 14.8 Å². The molecular weight excluding hydrogens is 312 g/mol. The number of nitrogens with zero attached hydrogens (tertiary/aromatic N) is 1. The molecule has 24 heavy (non-hydrogen) atoms. The van der Waals surface area contributed by atoms with Gasteiger partial charge in [-0.15, -0.1) is 0 Å². The van der Waals surface area contributed by atoms with Crippen molar-refractivity contribution in [2.24, 2.45) is 0 Å². The quantitative estimate of drug-likeness (QED) is 0.618. The molecule has 2 aromatic rings. The summed E-state index contributed by atoms with van der Waals surface area (Å²) < 4.78 is 10.4. The highest BCUT2D eigenvalue weighted by Crippen LogP contribution is 2.28. The Kier molecular flexibility index (Phi) is 5.73. The first-order valence-corrected chi connectivity index (χ1v) is 7.41. The average molecular weight is 330 g/mol. The highest BCUT2D eigenvalue weighted by atomic mass is 16.6. The van der Waals surface area contributed by atoms with E-state index in [0.29, 0.717) is 18.0 Å². The van der Waals surface area contributed by atoms with E-state index in [1.807, 2.05) is 6.92 Å². The van der Waals surface area contributed by atoms with Crippen LogP contribution in [0.2, 0.25) is 0 Å². The zero-order valence-electron chi connectivity index (χ0n) is 13.4. The second-order valence-corrected chi connectivity index (χ2v) is 4.97. The SMILES string of the molecule is CCCOc1ccc(C(=O)Nc2ccc(OC)cc2)cc1[N+](=O)[O-]. The van der Waals surface area contributed by atoms with E-state index in [4.69, 9.17) is 9.47 Å². The van der Waals surface area contributed by atoms with E-state index in [2.05, 4.69) is 5.32 Å². The number of hydrogen-bond acceptors (Lipinski definition) is 5. The second kappa shape index (κ2) is 7.96. The van der Waals surface area contributed by atoms with E-state index < -0.39 is 10.8 Å². The average Bonchev–Trinajstić information content (AvgIpc) is 2.60. The number of methoxy groups -OCH3 is 1. The van der Waals surface area contributed by atoms with Crippen LogP contribution in [0.25, 0.3) is 0 Å². The maximum Gasteiger partial charge on any atom is 0.311 e. The van der Waals surface area contributed by atoms with Gasteiger partial charge in [0.05, 0.1) is 18.6 Å². The van der Waals surface area contributed by atoms with Gasteiger partial charge in [-0.1, -0.05) is 6.92 Å². The van der Waals surface area contributed by atoms with Crippen molar-refractivity contribution in [3.05, 3.63) is 58.1 Å². The second-order valence-electron chi connectivity index (χ2n) is 4.97. The Bertz CT molecular complexity index is 728. The first kappa shape index (κ1) is 17.3. The normalized spacial score (nSPS) is 10.1. The van der Waals surface area contributed by atoms with Crippen LogP contribution in [0.15, 0.2) is 42.5 Å². The Morgan fingerprint density at radius 3 is 2.50 bits per heavy atom. The summed E-state index contributed by atoms with van der Waals surface area (Å²) in [6, 6.07) is 10.9. The lowest BCUT2D eigenvalue weighted by atomic mass is 10.1. The molecule has 7 nitrogen and oxygen atoms in total. The first-order valence-electron chi connectivity index (χ1n) is 7.41. The zero-order chi connectivity index (χ0) is 17.5. The van der Waals surface area contributed by atoms with Crippen molar-refractivity contribution in [1.82, 2.24) is 0 Å². The van der Waals surface area contributed by atoms with E-state index in [-0.39, 0.29) is 17.0 Å². The van der Waals surface area contributed by atoms with Gasteiger partial charge in [0.15, 0.2) is 5.75 Å². The number of nitrogens with one attached hydrogen (secondary N) is 1. The van der Waals surface area contributed by atoms with Gasteiger partial charge in [-0.05, 0) is 42.8 Å². The van der Waals surface area contributed by atoms with Gasteiger partial charge in [0.1, 0.15) is 5.75 Å². The number of carbonyl (C=O) groups is 1. The molecule has 0 aromatic heterocycles. The lowest BCUT2D eigenvalue weighted by Crippen LogP contribution is -2.12. The van der Waals surface area contributed by atoms with Crippen LogP contribution >= 0.6 is 0 Å². The summed E-state index contributed by atoms with van der Waals surface area (Å²) in [5.41, 5.74) is 0.516. The minimum absolute atomic E-state index is 0.155. The molecule has 0 spiro atoms. The van der Waals surface area contributed by atoms with E-state index in [9.17, 15) is 14.9 Å². The molecule has 0 radical (unpaired) electrons. The fourth-order valence-electron chi connectivity index (χ4n) is 2.01. The van der Waals surface area contributed by atoms with Crippen LogP contribution in [0.3, 0.4) is 0 Å².